The summed E-state index contributed by atoms with van der Waals surface area (Å²) in [6, 6.07) is 5.82. The number of non-ortho nitro benzene ring substituents is 1. The molecule has 9 heteroatoms. The SMILES string of the molecule is O=c1cnnc(NN=Cc2ccc([N+](=O)[O-])cc2)[nH]1. The largest absolute Gasteiger partial charge is 0.289 e. The van der Waals surface area contributed by atoms with Crippen LogP contribution in [0.3, 0.4) is 0 Å². The van der Waals surface area contributed by atoms with Crippen molar-refractivity contribution in [3.05, 3.63) is 56.5 Å². The molecule has 2 aromatic rings. The van der Waals surface area contributed by atoms with Crippen LogP contribution in [0.2, 0.25) is 0 Å². The highest BCUT2D eigenvalue weighted by Crippen LogP contribution is 2.10. The van der Waals surface area contributed by atoms with Gasteiger partial charge < -0.3 is 0 Å². The summed E-state index contributed by atoms with van der Waals surface area (Å²) in [7, 11) is 0. The zero-order valence-electron chi connectivity index (χ0n) is 9.48. The molecular formula is C10H8N6O3. The maximum Gasteiger partial charge on any atom is 0.271 e. The van der Waals surface area contributed by atoms with E-state index < -0.39 is 10.5 Å². The normalized spacial score (nSPS) is 10.5. The number of nitro benzene ring substituents is 1. The Balaban J connectivity index is 2.03. The van der Waals surface area contributed by atoms with Gasteiger partial charge in [-0.2, -0.15) is 5.10 Å². The number of nitrogens with one attached hydrogen (secondary N) is 2. The lowest BCUT2D eigenvalue weighted by Gasteiger charge is -1.96. The van der Waals surface area contributed by atoms with E-state index in [0.29, 0.717) is 5.56 Å². The summed E-state index contributed by atoms with van der Waals surface area (Å²) in [5, 5.41) is 21.3. The predicted octanol–water partition coefficient (Wildman–Crippen LogP) is 0.519. The highest BCUT2D eigenvalue weighted by Gasteiger charge is 2.02. The molecule has 19 heavy (non-hydrogen) atoms. The van der Waals surface area contributed by atoms with E-state index in [4.69, 9.17) is 0 Å². The molecule has 0 amide bonds. The third-order valence-corrected chi connectivity index (χ3v) is 2.06. The van der Waals surface area contributed by atoms with Crippen molar-refractivity contribution in [1.29, 1.82) is 0 Å². The molecule has 0 aliphatic carbocycles. The minimum atomic E-state index is -0.483. The third-order valence-electron chi connectivity index (χ3n) is 2.06. The van der Waals surface area contributed by atoms with Crippen molar-refractivity contribution in [1.82, 2.24) is 15.2 Å². The Morgan fingerprint density at radius 3 is 2.74 bits per heavy atom. The van der Waals surface area contributed by atoms with Crippen LogP contribution in [-0.2, 0) is 0 Å². The number of aromatic amines is 1. The van der Waals surface area contributed by atoms with Crippen LogP contribution in [0.1, 0.15) is 5.56 Å². The number of nitrogens with zero attached hydrogens (tertiary/aromatic N) is 4. The molecule has 0 saturated carbocycles. The number of H-pyrrole nitrogens is 1. The molecule has 0 aliphatic rings. The first-order valence-electron chi connectivity index (χ1n) is 5.11. The van der Waals surface area contributed by atoms with Crippen molar-refractivity contribution >= 4 is 17.9 Å². The highest BCUT2D eigenvalue weighted by atomic mass is 16.6. The van der Waals surface area contributed by atoms with Gasteiger partial charge in [0, 0.05) is 12.1 Å². The van der Waals surface area contributed by atoms with Gasteiger partial charge in [-0.1, -0.05) is 0 Å². The minimum Gasteiger partial charge on any atom is -0.289 e. The summed E-state index contributed by atoms with van der Waals surface area (Å²) in [6.07, 6.45) is 2.46. The number of nitro groups is 1. The zero-order chi connectivity index (χ0) is 13.7. The Morgan fingerprint density at radius 2 is 2.11 bits per heavy atom. The first kappa shape index (κ1) is 12.4. The van der Waals surface area contributed by atoms with Gasteiger partial charge in [-0.05, 0) is 17.7 Å². The lowest BCUT2D eigenvalue weighted by atomic mass is 10.2. The van der Waals surface area contributed by atoms with E-state index in [9.17, 15) is 14.9 Å². The fourth-order valence-corrected chi connectivity index (χ4v) is 1.21. The zero-order valence-corrected chi connectivity index (χ0v) is 9.48. The number of aromatic nitrogens is 3. The van der Waals surface area contributed by atoms with Gasteiger partial charge in [0.05, 0.1) is 11.1 Å². The van der Waals surface area contributed by atoms with E-state index in [1.54, 1.807) is 12.1 Å². The summed E-state index contributed by atoms with van der Waals surface area (Å²) in [4.78, 5) is 23.3. The van der Waals surface area contributed by atoms with Crippen molar-refractivity contribution in [2.24, 2.45) is 5.10 Å². The molecule has 1 aromatic heterocycles. The van der Waals surface area contributed by atoms with E-state index in [1.165, 1.54) is 18.3 Å². The summed E-state index contributed by atoms with van der Waals surface area (Å²) in [5.74, 6) is 0.102. The van der Waals surface area contributed by atoms with Crippen LogP contribution in [0.4, 0.5) is 11.6 Å². The molecule has 2 N–H and O–H groups in total. The summed E-state index contributed by atoms with van der Waals surface area (Å²) < 4.78 is 0. The van der Waals surface area contributed by atoms with Gasteiger partial charge >= 0.3 is 0 Å². The molecule has 9 nitrogen and oxygen atoms in total. The summed E-state index contributed by atoms with van der Waals surface area (Å²) >= 11 is 0. The van der Waals surface area contributed by atoms with Crippen LogP contribution in [0.5, 0.6) is 0 Å². The van der Waals surface area contributed by atoms with Crippen LogP contribution in [0.25, 0.3) is 0 Å². The number of benzene rings is 1. The van der Waals surface area contributed by atoms with E-state index in [-0.39, 0.29) is 11.6 Å². The smallest absolute Gasteiger partial charge is 0.271 e. The molecule has 0 unspecified atom stereocenters. The van der Waals surface area contributed by atoms with Crippen LogP contribution in [-0.4, -0.2) is 26.3 Å². The van der Waals surface area contributed by atoms with Gasteiger partial charge in [0.2, 0.25) is 5.95 Å². The van der Waals surface area contributed by atoms with E-state index in [2.05, 4.69) is 25.7 Å². The van der Waals surface area contributed by atoms with Crippen molar-refractivity contribution < 1.29 is 4.92 Å². The molecule has 0 radical (unpaired) electrons. The summed E-state index contributed by atoms with van der Waals surface area (Å²) in [6.45, 7) is 0. The number of hydrogen-bond donors (Lipinski definition) is 2. The Hall–Kier alpha value is -3.10. The molecule has 0 spiro atoms. The van der Waals surface area contributed by atoms with Crippen LogP contribution < -0.4 is 11.0 Å². The fraction of sp³-hybridized carbons (Fsp3) is 0. The first-order valence-corrected chi connectivity index (χ1v) is 5.11. The molecule has 0 fully saturated rings. The van der Waals surface area contributed by atoms with Gasteiger partial charge in [0.1, 0.15) is 6.20 Å². The highest BCUT2D eigenvalue weighted by molar-refractivity contribution is 5.80. The maximum atomic E-state index is 10.9. The molecule has 1 aromatic carbocycles. The Bertz CT molecular complexity index is 663. The number of anilines is 1. The van der Waals surface area contributed by atoms with Crippen molar-refractivity contribution in [3.8, 4) is 0 Å². The molecular weight excluding hydrogens is 252 g/mol. The number of rotatable bonds is 4. The second-order valence-corrected chi connectivity index (χ2v) is 3.40. The Labute approximate surface area is 106 Å². The van der Waals surface area contributed by atoms with Crippen molar-refractivity contribution in [2.45, 2.75) is 0 Å². The van der Waals surface area contributed by atoms with Gasteiger partial charge in [0.15, 0.2) is 0 Å². The average Bonchev–Trinajstić information content (AvgIpc) is 2.39. The second kappa shape index (κ2) is 5.49. The predicted molar refractivity (Wildman–Crippen MR) is 67.0 cm³/mol. The fourth-order valence-electron chi connectivity index (χ4n) is 1.21. The standard InChI is InChI=1S/C10H8N6O3/c17-9-6-12-15-10(13-9)14-11-5-7-1-3-8(4-2-7)16(18)19/h1-6H,(H2,13,14,15,17). The van der Waals surface area contributed by atoms with Crippen molar-refractivity contribution in [3.63, 3.8) is 0 Å². The van der Waals surface area contributed by atoms with Gasteiger partial charge in [-0.3, -0.25) is 19.9 Å². The molecule has 1 heterocycles. The lowest BCUT2D eigenvalue weighted by molar-refractivity contribution is -0.384. The lowest BCUT2D eigenvalue weighted by Crippen LogP contribution is -2.10. The maximum absolute atomic E-state index is 10.9. The average molecular weight is 260 g/mol. The quantitative estimate of drug-likeness (QED) is 0.468. The third kappa shape index (κ3) is 3.43. The Morgan fingerprint density at radius 1 is 1.37 bits per heavy atom. The van der Waals surface area contributed by atoms with Crippen LogP contribution in [0.15, 0.2) is 40.4 Å². The minimum absolute atomic E-state index is 0.00312. The molecule has 0 saturated heterocycles. The van der Waals surface area contributed by atoms with Crippen LogP contribution in [0, 0.1) is 10.1 Å². The second-order valence-electron chi connectivity index (χ2n) is 3.40. The van der Waals surface area contributed by atoms with E-state index in [1.807, 2.05) is 0 Å². The molecule has 2 rings (SSSR count). The molecule has 0 bridgehead atoms. The van der Waals surface area contributed by atoms with Gasteiger partial charge in [-0.15, -0.1) is 10.2 Å². The van der Waals surface area contributed by atoms with Crippen molar-refractivity contribution in [2.75, 3.05) is 5.43 Å². The van der Waals surface area contributed by atoms with Gasteiger partial charge in [-0.25, -0.2) is 5.43 Å². The first-order chi connectivity index (χ1) is 9.15. The van der Waals surface area contributed by atoms with E-state index in [0.717, 1.165) is 6.20 Å². The van der Waals surface area contributed by atoms with E-state index >= 15 is 0 Å². The van der Waals surface area contributed by atoms with Gasteiger partial charge in [0.25, 0.3) is 11.2 Å². The number of hydrogen-bond acceptors (Lipinski definition) is 7. The molecule has 96 valence electrons. The topological polar surface area (TPSA) is 126 Å². The van der Waals surface area contributed by atoms with Crippen LogP contribution >= 0.6 is 0 Å². The molecule has 0 aliphatic heterocycles. The number of hydrazone groups is 1. The Kier molecular flexibility index (Phi) is 3.57. The summed E-state index contributed by atoms with van der Waals surface area (Å²) in [5.41, 5.74) is 2.74. The monoisotopic (exact) mass is 260 g/mol. The molecule has 0 atom stereocenters.